The van der Waals surface area contributed by atoms with Crippen LogP contribution >= 0.6 is 0 Å². The third-order valence-electron chi connectivity index (χ3n) is 3.51. The van der Waals surface area contributed by atoms with Gasteiger partial charge in [0.25, 0.3) is 0 Å². The zero-order valence-corrected chi connectivity index (χ0v) is 11.7. The van der Waals surface area contributed by atoms with E-state index in [4.69, 9.17) is 10.5 Å². The Morgan fingerprint density at radius 2 is 2.35 bits per heavy atom. The fraction of sp³-hybridized carbons (Fsp3) is 0.533. The molecule has 1 unspecified atom stereocenters. The van der Waals surface area contributed by atoms with Crippen LogP contribution in [0.5, 0.6) is 0 Å². The SMILES string of the molecule is NCc1cccc(NC(=O)NCCC2CCCOC2)c1. The Kier molecular flexibility index (Phi) is 5.83. The Balaban J connectivity index is 1.69. The number of hydrogen-bond acceptors (Lipinski definition) is 3. The van der Waals surface area contributed by atoms with Gasteiger partial charge in [0.1, 0.15) is 0 Å². The van der Waals surface area contributed by atoms with Crippen molar-refractivity contribution >= 4 is 11.7 Å². The molecule has 0 bridgehead atoms. The molecule has 110 valence electrons. The van der Waals surface area contributed by atoms with Crippen molar-refractivity contribution in [3.8, 4) is 0 Å². The molecule has 5 heteroatoms. The average Bonchev–Trinajstić information content (AvgIpc) is 2.48. The second-order valence-electron chi connectivity index (χ2n) is 5.16. The molecule has 0 spiro atoms. The van der Waals surface area contributed by atoms with Gasteiger partial charge in [0.05, 0.1) is 0 Å². The van der Waals surface area contributed by atoms with Gasteiger partial charge >= 0.3 is 6.03 Å². The maximum absolute atomic E-state index is 11.8. The number of carbonyl (C=O) groups excluding carboxylic acids is 1. The molecule has 5 nitrogen and oxygen atoms in total. The van der Waals surface area contributed by atoms with Gasteiger partial charge in [0.2, 0.25) is 0 Å². The Labute approximate surface area is 119 Å². The fourth-order valence-electron chi connectivity index (χ4n) is 2.38. The minimum absolute atomic E-state index is 0.170. The van der Waals surface area contributed by atoms with Crippen LogP contribution in [0, 0.1) is 5.92 Å². The summed E-state index contributed by atoms with van der Waals surface area (Å²) in [6, 6.07) is 7.39. The van der Waals surface area contributed by atoms with Crippen molar-refractivity contribution in [2.75, 3.05) is 25.1 Å². The predicted octanol–water partition coefficient (Wildman–Crippen LogP) is 2.08. The first-order chi connectivity index (χ1) is 9.78. The van der Waals surface area contributed by atoms with Crippen molar-refractivity contribution in [3.05, 3.63) is 29.8 Å². The number of hydrogen-bond donors (Lipinski definition) is 3. The number of urea groups is 1. The molecular weight excluding hydrogens is 254 g/mol. The molecule has 0 aromatic heterocycles. The number of rotatable bonds is 5. The Hall–Kier alpha value is -1.59. The van der Waals surface area contributed by atoms with Crippen LogP contribution in [0.25, 0.3) is 0 Å². The zero-order chi connectivity index (χ0) is 14.2. The van der Waals surface area contributed by atoms with E-state index < -0.39 is 0 Å². The quantitative estimate of drug-likeness (QED) is 0.771. The predicted molar refractivity (Wildman–Crippen MR) is 79.5 cm³/mol. The number of benzene rings is 1. The molecule has 1 aromatic carbocycles. The molecule has 2 rings (SSSR count). The van der Waals surface area contributed by atoms with Gasteiger partial charge in [0.15, 0.2) is 0 Å². The number of nitrogens with one attached hydrogen (secondary N) is 2. The van der Waals surface area contributed by atoms with Gasteiger partial charge in [-0.05, 0) is 42.9 Å². The smallest absolute Gasteiger partial charge is 0.319 e. The average molecular weight is 277 g/mol. The van der Waals surface area contributed by atoms with Crippen LogP contribution in [0.1, 0.15) is 24.8 Å². The molecule has 2 amide bonds. The number of amides is 2. The van der Waals surface area contributed by atoms with Crippen LogP contribution in [0.4, 0.5) is 10.5 Å². The highest BCUT2D eigenvalue weighted by Crippen LogP contribution is 2.16. The van der Waals surface area contributed by atoms with Gasteiger partial charge in [0, 0.05) is 32.0 Å². The second kappa shape index (κ2) is 7.87. The molecular formula is C15H23N3O2. The Bertz CT molecular complexity index is 431. The zero-order valence-electron chi connectivity index (χ0n) is 11.7. The highest BCUT2D eigenvalue weighted by molar-refractivity contribution is 5.89. The van der Waals surface area contributed by atoms with Gasteiger partial charge in [-0.1, -0.05) is 12.1 Å². The van der Waals surface area contributed by atoms with Gasteiger partial charge in [-0.15, -0.1) is 0 Å². The van der Waals surface area contributed by atoms with E-state index in [2.05, 4.69) is 10.6 Å². The lowest BCUT2D eigenvalue weighted by Gasteiger charge is -2.21. The highest BCUT2D eigenvalue weighted by Gasteiger charge is 2.13. The lowest BCUT2D eigenvalue weighted by molar-refractivity contribution is 0.0520. The van der Waals surface area contributed by atoms with E-state index in [0.29, 0.717) is 19.0 Å². The molecule has 1 fully saturated rings. The minimum Gasteiger partial charge on any atom is -0.381 e. The number of nitrogens with two attached hydrogens (primary N) is 1. The number of ether oxygens (including phenoxy) is 1. The number of anilines is 1. The first-order valence-electron chi connectivity index (χ1n) is 7.19. The first-order valence-corrected chi connectivity index (χ1v) is 7.19. The monoisotopic (exact) mass is 277 g/mol. The summed E-state index contributed by atoms with van der Waals surface area (Å²) in [5.74, 6) is 0.574. The van der Waals surface area contributed by atoms with Crippen molar-refractivity contribution in [2.45, 2.75) is 25.8 Å². The maximum Gasteiger partial charge on any atom is 0.319 e. The Morgan fingerprint density at radius 3 is 3.10 bits per heavy atom. The van der Waals surface area contributed by atoms with Gasteiger partial charge in [-0.25, -0.2) is 4.79 Å². The summed E-state index contributed by atoms with van der Waals surface area (Å²) in [6.07, 6.45) is 3.29. The molecule has 0 radical (unpaired) electrons. The van der Waals surface area contributed by atoms with E-state index >= 15 is 0 Å². The van der Waals surface area contributed by atoms with Gasteiger partial charge in [-0.3, -0.25) is 0 Å². The van der Waals surface area contributed by atoms with E-state index in [1.54, 1.807) is 0 Å². The van der Waals surface area contributed by atoms with E-state index in [1.807, 2.05) is 24.3 Å². The van der Waals surface area contributed by atoms with Crippen LogP contribution in [0.3, 0.4) is 0 Å². The third-order valence-corrected chi connectivity index (χ3v) is 3.51. The van der Waals surface area contributed by atoms with Crippen LogP contribution in [-0.4, -0.2) is 25.8 Å². The minimum atomic E-state index is -0.170. The molecule has 1 aromatic rings. The summed E-state index contributed by atoms with van der Waals surface area (Å²) in [6.45, 7) is 2.85. The lowest BCUT2D eigenvalue weighted by atomic mass is 9.99. The first kappa shape index (κ1) is 14.8. The summed E-state index contributed by atoms with van der Waals surface area (Å²) in [4.78, 5) is 11.8. The molecule has 1 heterocycles. The highest BCUT2D eigenvalue weighted by atomic mass is 16.5. The van der Waals surface area contributed by atoms with Crippen LogP contribution < -0.4 is 16.4 Å². The third kappa shape index (κ3) is 4.83. The summed E-state index contributed by atoms with van der Waals surface area (Å²) in [5, 5.41) is 5.70. The number of carbonyl (C=O) groups is 1. The molecule has 1 saturated heterocycles. The van der Waals surface area contributed by atoms with Crippen molar-refractivity contribution in [1.82, 2.24) is 5.32 Å². The van der Waals surface area contributed by atoms with Gasteiger partial charge < -0.3 is 21.1 Å². The van der Waals surface area contributed by atoms with Crippen molar-refractivity contribution in [1.29, 1.82) is 0 Å². The lowest BCUT2D eigenvalue weighted by Crippen LogP contribution is -2.31. The molecule has 0 saturated carbocycles. The molecule has 1 atom stereocenters. The standard InChI is InChI=1S/C15H23N3O2/c16-10-13-3-1-5-14(9-13)18-15(19)17-7-6-12-4-2-8-20-11-12/h1,3,5,9,12H,2,4,6-8,10-11,16H2,(H2,17,18,19). The van der Waals surface area contributed by atoms with E-state index in [0.717, 1.165) is 37.3 Å². The van der Waals surface area contributed by atoms with E-state index in [1.165, 1.54) is 6.42 Å². The van der Waals surface area contributed by atoms with E-state index in [9.17, 15) is 4.79 Å². The van der Waals surface area contributed by atoms with Crippen LogP contribution in [0.15, 0.2) is 24.3 Å². The van der Waals surface area contributed by atoms with Crippen molar-refractivity contribution < 1.29 is 9.53 Å². The summed E-state index contributed by atoms with van der Waals surface area (Å²) in [5.41, 5.74) is 7.34. The van der Waals surface area contributed by atoms with Crippen LogP contribution in [-0.2, 0) is 11.3 Å². The normalized spacial score (nSPS) is 18.6. The molecule has 0 aliphatic carbocycles. The fourth-order valence-corrected chi connectivity index (χ4v) is 2.38. The molecule has 1 aliphatic rings. The summed E-state index contributed by atoms with van der Waals surface area (Å²) >= 11 is 0. The van der Waals surface area contributed by atoms with Crippen molar-refractivity contribution in [3.63, 3.8) is 0 Å². The molecule has 1 aliphatic heterocycles. The molecule has 4 N–H and O–H groups in total. The Morgan fingerprint density at radius 1 is 1.45 bits per heavy atom. The topological polar surface area (TPSA) is 76.4 Å². The maximum atomic E-state index is 11.8. The summed E-state index contributed by atoms with van der Waals surface area (Å²) in [7, 11) is 0. The molecule has 20 heavy (non-hydrogen) atoms. The summed E-state index contributed by atoms with van der Waals surface area (Å²) < 4.78 is 5.42. The van der Waals surface area contributed by atoms with Gasteiger partial charge in [-0.2, -0.15) is 0 Å². The van der Waals surface area contributed by atoms with E-state index in [-0.39, 0.29) is 6.03 Å². The van der Waals surface area contributed by atoms with Crippen LogP contribution in [0.2, 0.25) is 0 Å². The van der Waals surface area contributed by atoms with Crippen molar-refractivity contribution in [2.24, 2.45) is 11.7 Å². The largest absolute Gasteiger partial charge is 0.381 e. The second-order valence-corrected chi connectivity index (χ2v) is 5.16.